The third-order valence-corrected chi connectivity index (χ3v) is 2.92. The summed E-state index contributed by atoms with van der Waals surface area (Å²) >= 11 is 0. The van der Waals surface area contributed by atoms with E-state index in [1.54, 1.807) is 0 Å². The van der Waals surface area contributed by atoms with Crippen LogP contribution in [-0.4, -0.2) is 11.2 Å². The Hall–Kier alpha value is -0.0400. The molecule has 1 N–H and O–H groups in total. The molecule has 1 aliphatic carbocycles. The highest BCUT2D eigenvalue weighted by Crippen LogP contribution is 2.49. The van der Waals surface area contributed by atoms with Gasteiger partial charge in [0.2, 0.25) is 0 Å². The van der Waals surface area contributed by atoms with E-state index in [-0.39, 0.29) is 6.10 Å². The molecule has 0 bridgehead atoms. The zero-order valence-electron chi connectivity index (χ0n) is 7.77. The highest BCUT2D eigenvalue weighted by Gasteiger charge is 2.43. The van der Waals surface area contributed by atoms with E-state index in [1.165, 1.54) is 32.1 Å². The number of hydrogen-bond acceptors (Lipinski definition) is 1. The van der Waals surface area contributed by atoms with Gasteiger partial charge in [-0.05, 0) is 24.7 Å². The zero-order chi connectivity index (χ0) is 8.32. The zero-order valence-corrected chi connectivity index (χ0v) is 7.77. The summed E-state index contributed by atoms with van der Waals surface area (Å²) < 4.78 is 0. The molecule has 1 atom stereocenters. The Kier molecular flexibility index (Phi) is 2.94. The molecule has 1 saturated carbocycles. The summed E-state index contributed by atoms with van der Waals surface area (Å²) in [5, 5.41) is 9.67. The molecule has 1 fully saturated rings. The summed E-state index contributed by atoms with van der Waals surface area (Å²) in [6, 6.07) is 0. The molecule has 1 heteroatoms. The van der Waals surface area contributed by atoms with E-state index in [4.69, 9.17) is 0 Å². The highest BCUT2D eigenvalue weighted by atomic mass is 16.3. The van der Waals surface area contributed by atoms with Crippen LogP contribution in [0.4, 0.5) is 0 Å². The molecule has 1 rings (SSSR count). The normalized spacial score (nSPS) is 23.2. The summed E-state index contributed by atoms with van der Waals surface area (Å²) in [7, 11) is 0. The van der Waals surface area contributed by atoms with E-state index in [2.05, 4.69) is 13.8 Å². The lowest BCUT2D eigenvalue weighted by molar-refractivity contribution is 0.0915. The summed E-state index contributed by atoms with van der Waals surface area (Å²) in [4.78, 5) is 0. The molecule has 1 nitrogen and oxygen atoms in total. The number of hydrogen-bond donors (Lipinski definition) is 1. The van der Waals surface area contributed by atoms with Gasteiger partial charge in [0.1, 0.15) is 0 Å². The second-order valence-electron chi connectivity index (χ2n) is 4.17. The summed E-state index contributed by atoms with van der Waals surface area (Å²) in [5.41, 5.74) is 0.313. The van der Waals surface area contributed by atoms with E-state index in [0.717, 1.165) is 6.42 Å². The first kappa shape index (κ1) is 9.05. The van der Waals surface area contributed by atoms with Gasteiger partial charge in [0.05, 0.1) is 6.10 Å². The van der Waals surface area contributed by atoms with Crippen molar-refractivity contribution in [3.63, 3.8) is 0 Å². The third kappa shape index (κ3) is 2.48. The van der Waals surface area contributed by atoms with Gasteiger partial charge in [-0.25, -0.2) is 0 Å². The van der Waals surface area contributed by atoms with Gasteiger partial charge >= 0.3 is 0 Å². The molecule has 0 aromatic heterocycles. The van der Waals surface area contributed by atoms with Crippen LogP contribution in [0.15, 0.2) is 0 Å². The first-order chi connectivity index (χ1) is 5.19. The van der Waals surface area contributed by atoms with Crippen molar-refractivity contribution in [1.29, 1.82) is 0 Å². The third-order valence-electron chi connectivity index (χ3n) is 2.92. The standard InChI is InChI=1S/C10H20O/c1-3-4-5-6-9(11)10(2)7-8-10/h9,11H,3-8H2,1-2H3. The Balaban J connectivity index is 2.06. The number of unbranched alkanes of at least 4 members (excludes halogenated alkanes) is 2. The van der Waals surface area contributed by atoms with E-state index < -0.39 is 0 Å². The summed E-state index contributed by atoms with van der Waals surface area (Å²) in [6.07, 6.45) is 7.20. The fourth-order valence-electron chi connectivity index (χ4n) is 1.47. The second kappa shape index (κ2) is 3.57. The molecule has 0 amide bonds. The van der Waals surface area contributed by atoms with Crippen LogP contribution < -0.4 is 0 Å². The Morgan fingerprint density at radius 2 is 2.00 bits per heavy atom. The SMILES string of the molecule is CCCCCC(O)C1(C)CC1. The molecule has 66 valence electrons. The van der Waals surface area contributed by atoms with E-state index in [9.17, 15) is 5.11 Å². The molecule has 0 aromatic carbocycles. The maximum absolute atomic E-state index is 9.67. The Morgan fingerprint density at radius 3 is 2.45 bits per heavy atom. The van der Waals surface area contributed by atoms with E-state index in [0.29, 0.717) is 5.41 Å². The fraction of sp³-hybridized carbons (Fsp3) is 1.00. The van der Waals surface area contributed by atoms with Crippen LogP contribution in [0.5, 0.6) is 0 Å². The number of aliphatic hydroxyl groups is 1. The van der Waals surface area contributed by atoms with Gasteiger partial charge < -0.3 is 5.11 Å². The molecular weight excluding hydrogens is 136 g/mol. The van der Waals surface area contributed by atoms with Crippen LogP contribution in [0.3, 0.4) is 0 Å². The fourth-order valence-corrected chi connectivity index (χ4v) is 1.47. The molecule has 0 heterocycles. The van der Waals surface area contributed by atoms with Gasteiger partial charge in [0.25, 0.3) is 0 Å². The molecular formula is C10H20O. The average molecular weight is 156 g/mol. The predicted molar refractivity (Wildman–Crippen MR) is 47.5 cm³/mol. The molecule has 0 aromatic rings. The second-order valence-corrected chi connectivity index (χ2v) is 4.17. The predicted octanol–water partition coefficient (Wildman–Crippen LogP) is 2.73. The summed E-state index contributed by atoms with van der Waals surface area (Å²) in [5.74, 6) is 0. The maximum atomic E-state index is 9.67. The molecule has 0 radical (unpaired) electrons. The minimum atomic E-state index is -0.0194. The van der Waals surface area contributed by atoms with Crippen LogP contribution in [-0.2, 0) is 0 Å². The van der Waals surface area contributed by atoms with Crippen molar-refractivity contribution >= 4 is 0 Å². The molecule has 0 aliphatic heterocycles. The molecule has 1 unspecified atom stereocenters. The lowest BCUT2D eigenvalue weighted by Crippen LogP contribution is -2.18. The Morgan fingerprint density at radius 1 is 1.36 bits per heavy atom. The lowest BCUT2D eigenvalue weighted by atomic mass is 9.97. The molecule has 11 heavy (non-hydrogen) atoms. The molecule has 0 spiro atoms. The molecule has 1 aliphatic rings. The van der Waals surface area contributed by atoms with E-state index in [1.807, 2.05) is 0 Å². The lowest BCUT2D eigenvalue weighted by Gasteiger charge is -2.16. The van der Waals surface area contributed by atoms with Crippen LogP contribution in [0.25, 0.3) is 0 Å². The Labute approximate surface area is 69.8 Å². The van der Waals surface area contributed by atoms with Crippen LogP contribution >= 0.6 is 0 Å². The van der Waals surface area contributed by atoms with Crippen molar-refractivity contribution in [3.05, 3.63) is 0 Å². The van der Waals surface area contributed by atoms with E-state index >= 15 is 0 Å². The molecule has 0 saturated heterocycles. The van der Waals surface area contributed by atoms with Crippen LogP contribution in [0.1, 0.15) is 52.4 Å². The highest BCUT2D eigenvalue weighted by molar-refractivity contribution is 4.94. The van der Waals surface area contributed by atoms with Gasteiger partial charge in [0, 0.05) is 0 Å². The summed E-state index contributed by atoms with van der Waals surface area (Å²) in [6.45, 7) is 4.40. The van der Waals surface area contributed by atoms with Gasteiger partial charge in [-0.15, -0.1) is 0 Å². The van der Waals surface area contributed by atoms with Crippen LogP contribution in [0, 0.1) is 5.41 Å². The average Bonchev–Trinajstić information content (AvgIpc) is 2.70. The van der Waals surface area contributed by atoms with Crippen molar-refractivity contribution in [2.45, 2.75) is 58.5 Å². The van der Waals surface area contributed by atoms with Crippen molar-refractivity contribution < 1.29 is 5.11 Å². The van der Waals surface area contributed by atoms with Gasteiger partial charge in [-0.1, -0.05) is 33.1 Å². The van der Waals surface area contributed by atoms with Gasteiger partial charge in [-0.2, -0.15) is 0 Å². The van der Waals surface area contributed by atoms with Gasteiger partial charge in [0.15, 0.2) is 0 Å². The topological polar surface area (TPSA) is 20.2 Å². The quantitative estimate of drug-likeness (QED) is 0.607. The minimum absolute atomic E-state index is 0.0194. The van der Waals surface area contributed by atoms with Crippen molar-refractivity contribution in [1.82, 2.24) is 0 Å². The number of rotatable bonds is 5. The van der Waals surface area contributed by atoms with Crippen molar-refractivity contribution in [2.24, 2.45) is 5.41 Å². The maximum Gasteiger partial charge on any atom is 0.0593 e. The monoisotopic (exact) mass is 156 g/mol. The minimum Gasteiger partial charge on any atom is -0.393 e. The van der Waals surface area contributed by atoms with Crippen molar-refractivity contribution in [3.8, 4) is 0 Å². The first-order valence-corrected chi connectivity index (χ1v) is 4.87. The smallest absolute Gasteiger partial charge is 0.0593 e. The largest absolute Gasteiger partial charge is 0.393 e. The van der Waals surface area contributed by atoms with Gasteiger partial charge in [-0.3, -0.25) is 0 Å². The van der Waals surface area contributed by atoms with Crippen LogP contribution in [0.2, 0.25) is 0 Å². The first-order valence-electron chi connectivity index (χ1n) is 4.87. The number of aliphatic hydroxyl groups excluding tert-OH is 1. The van der Waals surface area contributed by atoms with Crippen molar-refractivity contribution in [2.75, 3.05) is 0 Å². The Bertz CT molecular complexity index is 116.